The molecular formula is C21H13FN3O4-. The zero-order chi connectivity index (χ0) is 20.5. The van der Waals surface area contributed by atoms with Crippen molar-refractivity contribution in [3.8, 4) is 17.2 Å². The molecule has 0 aliphatic rings. The number of aryl methyl sites for hydroxylation is 1. The number of halogens is 1. The number of oxazole rings is 1. The van der Waals surface area contributed by atoms with Crippen LogP contribution in [0.3, 0.4) is 0 Å². The van der Waals surface area contributed by atoms with E-state index in [0.29, 0.717) is 33.8 Å². The SMILES string of the molecule is Cc1cc(C=Nc2ccc3oc(-c4ccc(F)cc4)nc3c2)c([O-])c([N+](=O)[O-])c1. The van der Waals surface area contributed by atoms with Gasteiger partial charge in [-0.25, -0.2) is 9.37 Å². The molecule has 0 aliphatic heterocycles. The summed E-state index contributed by atoms with van der Waals surface area (Å²) in [5.74, 6) is -0.696. The fourth-order valence-electron chi connectivity index (χ4n) is 2.87. The molecule has 0 spiro atoms. The molecule has 0 atom stereocenters. The summed E-state index contributed by atoms with van der Waals surface area (Å²) in [5.41, 5.74) is 2.44. The Bertz CT molecular complexity index is 1260. The quantitative estimate of drug-likeness (QED) is 0.286. The highest BCUT2D eigenvalue weighted by molar-refractivity contribution is 5.88. The Kier molecular flexibility index (Phi) is 4.52. The molecule has 0 amide bonds. The summed E-state index contributed by atoms with van der Waals surface area (Å²) in [6.07, 6.45) is 1.30. The molecule has 7 nitrogen and oxygen atoms in total. The van der Waals surface area contributed by atoms with Crippen molar-refractivity contribution in [1.82, 2.24) is 4.98 Å². The number of aliphatic imine (C=N–C) groups is 1. The van der Waals surface area contributed by atoms with Crippen LogP contribution in [0.2, 0.25) is 0 Å². The van der Waals surface area contributed by atoms with Crippen molar-refractivity contribution in [3.63, 3.8) is 0 Å². The van der Waals surface area contributed by atoms with Gasteiger partial charge in [-0.2, -0.15) is 0 Å². The first-order chi connectivity index (χ1) is 13.9. The molecule has 0 saturated carbocycles. The molecule has 0 saturated heterocycles. The normalized spacial score (nSPS) is 11.4. The summed E-state index contributed by atoms with van der Waals surface area (Å²) >= 11 is 0. The van der Waals surface area contributed by atoms with Gasteiger partial charge in [0.25, 0.3) is 5.69 Å². The molecule has 0 bridgehead atoms. The Hall–Kier alpha value is -4.07. The lowest BCUT2D eigenvalue weighted by Crippen LogP contribution is -2.02. The first-order valence-electron chi connectivity index (χ1n) is 8.57. The Morgan fingerprint density at radius 2 is 1.90 bits per heavy atom. The molecule has 4 rings (SSSR count). The number of hydrogen-bond acceptors (Lipinski definition) is 6. The second kappa shape index (κ2) is 7.16. The van der Waals surface area contributed by atoms with Crippen LogP contribution < -0.4 is 5.11 Å². The van der Waals surface area contributed by atoms with Gasteiger partial charge in [0.1, 0.15) is 11.3 Å². The highest BCUT2D eigenvalue weighted by Gasteiger charge is 2.11. The topological polar surface area (TPSA) is 105 Å². The third kappa shape index (κ3) is 3.68. The van der Waals surface area contributed by atoms with E-state index < -0.39 is 16.4 Å². The molecule has 8 heteroatoms. The molecule has 29 heavy (non-hydrogen) atoms. The molecule has 144 valence electrons. The number of aromatic nitrogens is 1. The summed E-state index contributed by atoms with van der Waals surface area (Å²) in [5, 5.41) is 23.2. The van der Waals surface area contributed by atoms with E-state index >= 15 is 0 Å². The Balaban J connectivity index is 1.67. The van der Waals surface area contributed by atoms with E-state index in [-0.39, 0.29) is 11.4 Å². The van der Waals surface area contributed by atoms with Crippen LogP contribution in [-0.2, 0) is 0 Å². The van der Waals surface area contributed by atoms with Crippen LogP contribution in [0.4, 0.5) is 15.8 Å². The molecule has 0 fully saturated rings. The van der Waals surface area contributed by atoms with Crippen LogP contribution in [0.25, 0.3) is 22.6 Å². The zero-order valence-corrected chi connectivity index (χ0v) is 15.1. The average Bonchev–Trinajstić information content (AvgIpc) is 3.12. The lowest BCUT2D eigenvalue weighted by atomic mass is 10.1. The van der Waals surface area contributed by atoms with Crippen molar-refractivity contribution < 1.29 is 18.8 Å². The lowest BCUT2D eigenvalue weighted by Gasteiger charge is -2.11. The largest absolute Gasteiger partial charge is 0.867 e. The summed E-state index contributed by atoms with van der Waals surface area (Å²) in [7, 11) is 0. The van der Waals surface area contributed by atoms with Crippen molar-refractivity contribution in [2.45, 2.75) is 6.92 Å². The first-order valence-corrected chi connectivity index (χ1v) is 8.57. The average molecular weight is 390 g/mol. The minimum atomic E-state index is -0.703. The van der Waals surface area contributed by atoms with Crippen LogP contribution in [0, 0.1) is 22.9 Å². The van der Waals surface area contributed by atoms with Gasteiger partial charge in [-0.15, -0.1) is 0 Å². The summed E-state index contributed by atoms with van der Waals surface area (Å²) in [6.45, 7) is 1.67. The minimum absolute atomic E-state index is 0.129. The maximum absolute atomic E-state index is 13.1. The predicted molar refractivity (Wildman–Crippen MR) is 104 cm³/mol. The second-order valence-electron chi connectivity index (χ2n) is 6.40. The smallest absolute Gasteiger partial charge is 0.262 e. The van der Waals surface area contributed by atoms with Crippen molar-refractivity contribution in [2.24, 2.45) is 4.99 Å². The molecule has 1 aromatic heterocycles. The summed E-state index contributed by atoms with van der Waals surface area (Å²) in [4.78, 5) is 18.9. The van der Waals surface area contributed by atoms with Crippen LogP contribution in [0.5, 0.6) is 5.75 Å². The van der Waals surface area contributed by atoms with Crippen molar-refractivity contribution >= 4 is 28.7 Å². The highest BCUT2D eigenvalue weighted by atomic mass is 19.1. The van der Waals surface area contributed by atoms with Gasteiger partial charge in [-0.1, -0.05) is 6.07 Å². The molecule has 4 aromatic rings. The third-order valence-electron chi connectivity index (χ3n) is 4.25. The van der Waals surface area contributed by atoms with Crippen LogP contribution in [-0.4, -0.2) is 16.1 Å². The zero-order valence-electron chi connectivity index (χ0n) is 15.1. The maximum atomic E-state index is 13.1. The van der Waals surface area contributed by atoms with Gasteiger partial charge in [0.2, 0.25) is 5.89 Å². The van der Waals surface area contributed by atoms with E-state index in [1.165, 1.54) is 24.4 Å². The third-order valence-corrected chi connectivity index (χ3v) is 4.25. The van der Waals surface area contributed by atoms with Gasteiger partial charge in [0.15, 0.2) is 5.58 Å². The minimum Gasteiger partial charge on any atom is -0.867 e. The lowest BCUT2D eigenvalue weighted by molar-refractivity contribution is -0.398. The molecule has 3 aromatic carbocycles. The number of hydrogen-bond donors (Lipinski definition) is 0. The molecule has 0 radical (unpaired) electrons. The Morgan fingerprint density at radius 3 is 2.62 bits per heavy atom. The van der Waals surface area contributed by atoms with E-state index in [1.807, 2.05) is 0 Å². The number of benzene rings is 3. The monoisotopic (exact) mass is 390 g/mol. The van der Waals surface area contributed by atoms with Gasteiger partial charge >= 0.3 is 0 Å². The predicted octanol–water partition coefficient (Wildman–Crippen LogP) is 4.67. The number of rotatable bonds is 4. The fourth-order valence-corrected chi connectivity index (χ4v) is 2.87. The summed E-state index contributed by atoms with van der Waals surface area (Å²) < 4.78 is 18.8. The van der Waals surface area contributed by atoms with Gasteiger partial charge in [0.05, 0.1) is 10.6 Å². The molecule has 0 aliphatic carbocycles. The highest BCUT2D eigenvalue weighted by Crippen LogP contribution is 2.29. The van der Waals surface area contributed by atoms with E-state index in [4.69, 9.17) is 4.42 Å². The number of fused-ring (bicyclic) bond motifs is 1. The van der Waals surface area contributed by atoms with Crippen LogP contribution >= 0.6 is 0 Å². The van der Waals surface area contributed by atoms with Crippen molar-refractivity contribution in [2.75, 3.05) is 0 Å². The van der Waals surface area contributed by atoms with E-state index in [0.717, 1.165) is 0 Å². The van der Waals surface area contributed by atoms with Gasteiger partial charge in [-0.3, -0.25) is 15.1 Å². The van der Waals surface area contributed by atoms with Crippen LogP contribution in [0.15, 0.2) is 64.0 Å². The van der Waals surface area contributed by atoms with Gasteiger partial charge < -0.3 is 9.52 Å². The van der Waals surface area contributed by atoms with E-state index in [9.17, 15) is 19.6 Å². The Morgan fingerprint density at radius 1 is 1.14 bits per heavy atom. The van der Waals surface area contributed by atoms with Crippen molar-refractivity contribution in [1.29, 1.82) is 0 Å². The van der Waals surface area contributed by atoms with Crippen molar-refractivity contribution in [3.05, 3.63) is 81.7 Å². The Labute approximate surface area is 163 Å². The van der Waals surface area contributed by atoms with Gasteiger partial charge in [-0.05, 0) is 66.3 Å². The molecule has 1 heterocycles. The molecule has 0 N–H and O–H groups in total. The standard InChI is InChI=1S/C21H14FN3O4/c1-12-8-14(20(26)18(9-12)25(27)28)11-23-16-6-7-19-17(10-16)24-21(29-19)13-2-4-15(22)5-3-13/h2-11,26H,1H3/p-1. The van der Waals surface area contributed by atoms with Crippen LogP contribution in [0.1, 0.15) is 11.1 Å². The van der Waals surface area contributed by atoms with E-state index in [2.05, 4.69) is 9.98 Å². The van der Waals surface area contributed by atoms with Gasteiger partial charge in [0, 0.05) is 17.8 Å². The fraction of sp³-hybridized carbons (Fsp3) is 0.0476. The second-order valence-corrected chi connectivity index (χ2v) is 6.40. The molecular weight excluding hydrogens is 377 g/mol. The molecule has 0 unspecified atom stereocenters. The number of nitro benzene ring substituents is 1. The maximum Gasteiger partial charge on any atom is 0.262 e. The van der Waals surface area contributed by atoms with E-state index in [1.54, 1.807) is 43.3 Å². The summed E-state index contributed by atoms with van der Waals surface area (Å²) in [6, 6.07) is 13.6. The number of nitrogens with zero attached hydrogens (tertiary/aromatic N) is 3. The number of nitro groups is 1. The first kappa shape index (κ1) is 18.3.